The monoisotopic (exact) mass is 306 g/mol. The Morgan fingerprint density at radius 2 is 2.15 bits per heavy atom. The highest BCUT2D eigenvalue weighted by atomic mass is 32.2. The molecule has 0 aromatic heterocycles. The first-order valence-corrected chi connectivity index (χ1v) is 7.74. The van der Waals surface area contributed by atoms with E-state index in [0.717, 1.165) is 19.3 Å². The molecule has 4 atom stereocenters. The molecular formula is C13H17F3N2OS. The SMILES string of the molecule is C[C@@]1(C(F)(F)F)SC(NC[C@H]2C[C@@H]3CC[C@H]2C3)=NC1=O. The van der Waals surface area contributed by atoms with Crippen LogP contribution in [0.1, 0.15) is 32.6 Å². The Balaban J connectivity index is 1.57. The molecule has 20 heavy (non-hydrogen) atoms. The highest BCUT2D eigenvalue weighted by Crippen LogP contribution is 2.49. The molecular weight excluding hydrogens is 289 g/mol. The fourth-order valence-corrected chi connectivity index (χ4v) is 4.48. The van der Waals surface area contributed by atoms with E-state index < -0.39 is 16.8 Å². The highest BCUT2D eigenvalue weighted by Gasteiger charge is 2.61. The van der Waals surface area contributed by atoms with E-state index in [-0.39, 0.29) is 5.17 Å². The summed E-state index contributed by atoms with van der Waals surface area (Å²) in [5.41, 5.74) is 0. The third-order valence-electron chi connectivity index (χ3n) is 4.85. The number of fused-ring (bicyclic) bond motifs is 2. The first-order valence-electron chi connectivity index (χ1n) is 6.92. The Hall–Kier alpha value is -0.720. The number of nitrogens with zero attached hydrogens (tertiary/aromatic N) is 1. The second-order valence-electron chi connectivity index (χ2n) is 6.17. The van der Waals surface area contributed by atoms with E-state index in [4.69, 9.17) is 0 Å². The lowest BCUT2D eigenvalue weighted by Crippen LogP contribution is -2.44. The molecule has 112 valence electrons. The molecule has 0 saturated heterocycles. The Morgan fingerprint density at radius 1 is 1.40 bits per heavy atom. The van der Waals surface area contributed by atoms with Crippen LogP contribution in [-0.4, -0.2) is 28.5 Å². The van der Waals surface area contributed by atoms with E-state index in [1.807, 2.05) is 0 Å². The predicted molar refractivity (Wildman–Crippen MR) is 71.4 cm³/mol. The van der Waals surface area contributed by atoms with Gasteiger partial charge in [-0.3, -0.25) is 4.79 Å². The van der Waals surface area contributed by atoms with Gasteiger partial charge in [0.1, 0.15) is 0 Å². The van der Waals surface area contributed by atoms with E-state index in [9.17, 15) is 18.0 Å². The van der Waals surface area contributed by atoms with Crippen LogP contribution >= 0.6 is 11.8 Å². The lowest BCUT2D eigenvalue weighted by Gasteiger charge is -2.24. The van der Waals surface area contributed by atoms with Crippen LogP contribution < -0.4 is 5.32 Å². The molecule has 0 unspecified atom stereocenters. The van der Waals surface area contributed by atoms with Crippen LogP contribution in [0.4, 0.5) is 13.2 Å². The molecule has 1 amide bonds. The van der Waals surface area contributed by atoms with Crippen LogP contribution in [0.5, 0.6) is 0 Å². The van der Waals surface area contributed by atoms with Gasteiger partial charge in [0.2, 0.25) is 0 Å². The molecule has 1 aliphatic heterocycles. The Morgan fingerprint density at radius 3 is 2.65 bits per heavy atom. The van der Waals surface area contributed by atoms with Gasteiger partial charge in [-0.05, 0) is 43.9 Å². The number of alkyl halides is 3. The van der Waals surface area contributed by atoms with E-state index in [2.05, 4.69) is 10.3 Å². The number of nitrogens with one attached hydrogen (secondary N) is 1. The summed E-state index contributed by atoms with van der Waals surface area (Å²) in [7, 11) is 0. The lowest BCUT2D eigenvalue weighted by molar-refractivity contribution is -0.165. The number of amidine groups is 1. The number of carbonyl (C=O) groups excluding carboxylic acids is 1. The van der Waals surface area contributed by atoms with Crippen LogP contribution in [0, 0.1) is 17.8 Å². The largest absolute Gasteiger partial charge is 0.412 e. The van der Waals surface area contributed by atoms with Gasteiger partial charge in [-0.2, -0.15) is 18.2 Å². The maximum Gasteiger partial charge on any atom is 0.412 e. The maximum atomic E-state index is 12.9. The molecule has 3 aliphatic rings. The van der Waals surface area contributed by atoms with Crippen LogP contribution in [0.25, 0.3) is 0 Å². The summed E-state index contributed by atoms with van der Waals surface area (Å²) in [5.74, 6) is 0.909. The minimum Gasteiger partial charge on any atom is -0.364 e. The molecule has 7 heteroatoms. The van der Waals surface area contributed by atoms with Crippen LogP contribution in [0.2, 0.25) is 0 Å². The first kappa shape index (κ1) is 14.2. The summed E-state index contributed by atoms with van der Waals surface area (Å²) < 4.78 is 36.2. The summed E-state index contributed by atoms with van der Waals surface area (Å²) in [6, 6.07) is 0. The zero-order valence-corrected chi connectivity index (χ0v) is 12.0. The maximum absolute atomic E-state index is 12.9. The van der Waals surface area contributed by atoms with Crippen molar-refractivity contribution in [2.75, 3.05) is 6.54 Å². The van der Waals surface area contributed by atoms with Crippen LogP contribution in [-0.2, 0) is 4.79 Å². The van der Waals surface area contributed by atoms with Crippen molar-refractivity contribution in [1.82, 2.24) is 5.32 Å². The standard InChI is InChI=1S/C13H17F3N2OS/c1-12(13(14,15)16)10(19)18-11(20-12)17-6-9-5-7-2-3-8(9)4-7/h7-9H,2-6H2,1H3,(H,17,18,19)/t7-,8+,9-,12-/m1/s1. The molecule has 0 spiro atoms. The number of halogens is 3. The number of thioether (sulfide) groups is 1. The summed E-state index contributed by atoms with van der Waals surface area (Å²) in [6.45, 7) is 1.53. The Kier molecular flexibility index (Phi) is 3.30. The fourth-order valence-electron chi connectivity index (χ4n) is 3.56. The summed E-state index contributed by atoms with van der Waals surface area (Å²) in [6.07, 6.45) is 0.358. The minimum absolute atomic E-state index is 0.123. The number of hydrogen-bond donors (Lipinski definition) is 1. The molecule has 3 nitrogen and oxygen atoms in total. The number of aliphatic imine (C=N–C) groups is 1. The summed E-state index contributed by atoms with van der Waals surface area (Å²) >= 11 is 0.496. The topological polar surface area (TPSA) is 41.5 Å². The molecule has 1 heterocycles. The van der Waals surface area contributed by atoms with Crippen molar-refractivity contribution >= 4 is 22.8 Å². The average Bonchev–Trinajstić information content (AvgIpc) is 3.01. The van der Waals surface area contributed by atoms with Gasteiger partial charge < -0.3 is 5.32 Å². The molecule has 2 bridgehead atoms. The fraction of sp³-hybridized carbons (Fsp3) is 0.846. The number of rotatable bonds is 2. The molecule has 0 aromatic rings. The average molecular weight is 306 g/mol. The third kappa shape index (κ3) is 2.23. The van der Waals surface area contributed by atoms with E-state index in [1.54, 1.807) is 0 Å². The van der Waals surface area contributed by atoms with Crippen molar-refractivity contribution in [3.8, 4) is 0 Å². The molecule has 0 aromatic carbocycles. The van der Waals surface area contributed by atoms with Gasteiger partial charge in [0.25, 0.3) is 5.91 Å². The van der Waals surface area contributed by atoms with Crippen LogP contribution in [0.3, 0.4) is 0 Å². The molecule has 2 saturated carbocycles. The molecule has 2 fully saturated rings. The molecule has 0 radical (unpaired) electrons. The quantitative estimate of drug-likeness (QED) is 0.853. The Labute approximate surface area is 119 Å². The summed E-state index contributed by atoms with van der Waals surface area (Å²) in [5, 5.41) is 3.08. The second-order valence-corrected chi connectivity index (χ2v) is 7.58. The van der Waals surface area contributed by atoms with Crippen molar-refractivity contribution in [2.24, 2.45) is 22.7 Å². The zero-order valence-electron chi connectivity index (χ0n) is 11.2. The van der Waals surface area contributed by atoms with Crippen LogP contribution in [0.15, 0.2) is 4.99 Å². The predicted octanol–water partition coefficient (Wildman–Crippen LogP) is 2.96. The third-order valence-corrected chi connectivity index (χ3v) is 6.10. The number of hydrogen-bond acceptors (Lipinski definition) is 3. The molecule has 2 aliphatic carbocycles. The molecule has 1 N–H and O–H groups in total. The van der Waals surface area contributed by atoms with E-state index in [1.165, 1.54) is 19.3 Å². The van der Waals surface area contributed by atoms with Crippen molar-refractivity contribution < 1.29 is 18.0 Å². The minimum atomic E-state index is -4.58. The zero-order chi connectivity index (χ0) is 14.5. The van der Waals surface area contributed by atoms with E-state index >= 15 is 0 Å². The Bertz CT molecular complexity index is 465. The smallest absolute Gasteiger partial charge is 0.364 e. The second kappa shape index (κ2) is 4.64. The van der Waals surface area contributed by atoms with Gasteiger partial charge in [0, 0.05) is 6.54 Å². The van der Waals surface area contributed by atoms with Gasteiger partial charge in [-0.25, -0.2) is 0 Å². The van der Waals surface area contributed by atoms with Gasteiger partial charge in [0.05, 0.1) is 0 Å². The van der Waals surface area contributed by atoms with E-state index in [0.29, 0.717) is 30.1 Å². The van der Waals surface area contributed by atoms with Gasteiger partial charge in [-0.15, -0.1) is 0 Å². The van der Waals surface area contributed by atoms with Gasteiger partial charge in [0.15, 0.2) is 9.91 Å². The van der Waals surface area contributed by atoms with Gasteiger partial charge >= 0.3 is 6.18 Å². The lowest BCUT2D eigenvalue weighted by atomic mass is 9.89. The van der Waals surface area contributed by atoms with Gasteiger partial charge in [-0.1, -0.05) is 18.2 Å². The van der Waals surface area contributed by atoms with Crippen molar-refractivity contribution in [3.63, 3.8) is 0 Å². The number of carbonyl (C=O) groups is 1. The first-order chi connectivity index (χ1) is 9.29. The normalized spacial score (nSPS) is 40.3. The molecule has 3 rings (SSSR count). The van der Waals surface area contributed by atoms with Crippen molar-refractivity contribution in [1.29, 1.82) is 0 Å². The number of amides is 1. The highest BCUT2D eigenvalue weighted by molar-refractivity contribution is 8.16. The van der Waals surface area contributed by atoms with Crippen molar-refractivity contribution in [3.05, 3.63) is 0 Å². The van der Waals surface area contributed by atoms with Crippen molar-refractivity contribution in [2.45, 2.75) is 43.5 Å². The summed E-state index contributed by atoms with van der Waals surface area (Å²) in [4.78, 5) is 15.0.